The van der Waals surface area contributed by atoms with E-state index < -0.39 is 9.85 Å². The molecule has 2 aromatic rings. The van der Waals surface area contributed by atoms with Gasteiger partial charge in [0.1, 0.15) is 16.5 Å². The molecule has 2 rings (SSSR count). The Labute approximate surface area is 155 Å². The molecule has 0 saturated heterocycles. The molecule has 134 valence electrons. The van der Waals surface area contributed by atoms with Crippen LogP contribution in [0.25, 0.3) is 0 Å². The Morgan fingerprint density at radius 1 is 1.04 bits per heavy atom. The molecule has 0 spiro atoms. The largest absolute Gasteiger partial charge is 0.494 e. The first-order valence-electron chi connectivity index (χ1n) is 6.55. The zero-order valence-corrected chi connectivity index (χ0v) is 15.5. The molecule has 4 N–H and O–H groups in total. The van der Waals surface area contributed by atoms with Crippen molar-refractivity contribution in [1.29, 1.82) is 0 Å². The summed E-state index contributed by atoms with van der Waals surface area (Å²) in [5.74, 6) is 0.246. The zero-order valence-electron chi connectivity index (χ0n) is 13.2. The van der Waals surface area contributed by atoms with Crippen LogP contribution in [0.15, 0.2) is 28.7 Å². The van der Waals surface area contributed by atoms with Crippen LogP contribution >= 0.6 is 27.5 Å². The number of halogens is 2. The summed E-state index contributed by atoms with van der Waals surface area (Å²) in [6.45, 7) is 1.77. The van der Waals surface area contributed by atoms with Gasteiger partial charge in [-0.25, -0.2) is 0 Å². The minimum atomic E-state index is -0.593. The fraction of sp³-hybridized carbons (Fsp3) is 0.143. The van der Waals surface area contributed by atoms with Crippen LogP contribution in [-0.4, -0.2) is 17.0 Å². The monoisotopic (exact) mass is 432 g/mol. The molecule has 0 amide bonds. The highest BCUT2D eigenvalue weighted by molar-refractivity contribution is 9.10. The van der Waals surface area contributed by atoms with Crippen molar-refractivity contribution in [3.05, 3.63) is 59.6 Å². The Hall–Kier alpha value is -2.59. The molecule has 0 aliphatic heterocycles. The number of benzene rings is 2. The van der Waals surface area contributed by atoms with E-state index in [4.69, 9.17) is 27.8 Å². The highest BCUT2D eigenvalue weighted by Crippen LogP contribution is 2.33. The highest BCUT2D eigenvalue weighted by atomic mass is 79.9. The molecule has 11 heteroatoms. The van der Waals surface area contributed by atoms with Gasteiger partial charge < -0.3 is 16.2 Å². The van der Waals surface area contributed by atoms with Gasteiger partial charge in [-0.3, -0.25) is 20.2 Å². The van der Waals surface area contributed by atoms with Crippen molar-refractivity contribution >= 4 is 50.3 Å². The Bertz CT molecular complexity index is 831. The maximum Gasteiger partial charge on any atom is 0.292 e. The van der Waals surface area contributed by atoms with Crippen LogP contribution in [0, 0.1) is 27.2 Å². The van der Waals surface area contributed by atoms with Crippen LogP contribution in [0.2, 0.25) is 5.02 Å². The Balaban J connectivity index is 0.000000251. The summed E-state index contributed by atoms with van der Waals surface area (Å²) in [7, 11) is 1.38. The number of rotatable bonds is 3. The molecule has 0 aliphatic rings. The minimum Gasteiger partial charge on any atom is -0.494 e. The van der Waals surface area contributed by atoms with Crippen LogP contribution in [-0.2, 0) is 0 Å². The number of nitrogens with two attached hydrogens (primary N) is 2. The number of methoxy groups -OCH3 is 1. The van der Waals surface area contributed by atoms with Crippen LogP contribution in [0.1, 0.15) is 5.56 Å². The van der Waals surface area contributed by atoms with Gasteiger partial charge in [-0.15, -0.1) is 0 Å². The third kappa shape index (κ3) is 5.19. The molecular weight excluding hydrogens is 420 g/mol. The van der Waals surface area contributed by atoms with E-state index in [1.165, 1.54) is 31.4 Å². The van der Waals surface area contributed by atoms with Crippen molar-refractivity contribution in [2.45, 2.75) is 6.92 Å². The van der Waals surface area contributed by atoms with E-state index in [1.54, 1.807) is 6.92 Å². The van der Waals surface area contributed by atoms with E-state index in [9.17, 15) is 20.2 Å². The first-order valence-corrected chi connectivity index (χ1v) is 7.73. The maximum atomic E-state index is 10.4. The topological polar surface area (TPSA) is 148 Å². The van der Waals surface area contributed by atoms with Crippen molar-refractivity contribution in [3.8, 4) is 5.75 Å². The Kier molecular flexibility index (Phi) is 6.95. The van der Waals surface area contributed by atoms with Crippen LogP contribution in [0.5, 0.6) is 5.75 Å². The summed E-state index contributed by atoms with van der Waals surface area (Å²) in [5.41, 5.74) is 11.9. The number of ether oxygens (including phenoxy) is 1. The average molecular weight is 434 g/mol. The van der Waals surface area contributed by atoms with Crippen molar-refractivity contribution in [1.82, 2.24) is 0 Å². The van der Waals surface area contributed by atoms with E-state index >= 15 is 0 Å². The summed E-state index contributed by atoms with van der Waals surface area (Å²) >= 11 is 8.80. The molecule has 0 heterocycles. The SMILES string of the molecule is COc1cc([N+](=O)[O-])c(Cl)cc1N.Cc1cc([N+](=O)[O-])c(N)cc1Br. The fourth-order valence-corrected chi connectivity index (χ4v) is 2.32. The molecule has 2 aromatic carbocycles. The van der Waals surface area contributed by atoms with Crippen molar-refractivity contribution < 1.29 is 14.6 Å². The molecular formula is C14H14BrClN4O5. The second kappa shape index (κ2) is 8.49. The van der Waals surface area contributed by atoms with Crippen molar-refractivity contribution in [2.24, 2.45) is 0 Å². The number of nitro benzene ring substituents is 2. The molecule has 9 nitrogen and oxygen atoms in total. The second-order valence-corrected chi connectivity index (χ2v) is 5.98. The summed E-state index contributed by atoms with van der Waals surface area (Å²) < 4.78 is 5.59. The highest BCUT2D eigenvalue weighted by Gasteiger charge is 2.15. The second-order valence-electron chi connectivity index (χ2n) is 4.72. The summed E-state index contributed by atoms with van der Waals surface area (Å²) in [6, 6.07) is 5.46. The molecule has 0 saturated carbocycles. The fourth-order valence-electron chi connectivity index (χ4n) is 1.71. The van der Waals surface area contributed by atoms with Gasteiger partial charge in [0, 0.05) is 10.5 Å². The molecule has 0 unspecified atom stereocenters. The lowest BCUT2D eigenvalue weighted by Crippen LogP contribution is -1.96. The van der Waals surface area contributed by atoms with E-state index in [0.29, 0.717) is 0 Å². The lowest BCUT2D eigenvalue weighted by molar-refractivity contribution is -0.384. The molecule has 0 radical (unpaired) electrons. The third-order valence-electron chi connectivity index (χ3n) is 3.00. The van der Waals surface area contributed by atoms with Gasteiger partial charge in [-0.05, 0) is 24.6 Å². The molecule has 0 aliphatic carbocycles. The van der Waals surface area contributed by atoms with Crippen molar-refractivity contribution in [3.63, 3.8) is 0 Å². The summed E-state index contributed by atoms with van der Waals surface area (Å²) in [4.78, 5) is 19.7. The molecule has 0 aromatic heterocycles. The number of hydrogen-bond donors (Lipinski definition) is 2. The number of hydrogen-bond acceptors (Lipinski definition) is 7. The Morgan fingerprint density at radius 3 is 2.08 bits per heavy atom. The first kappa shape index (κ1) is 20.5. The van der Waals surface area contributed by atoms with Gasteiger partial charge in [0.15, 0.2) is 0 Å². The maximum absolute atomic E-state index is 10.4. The third-order valence-corrected chi connectivity index (χ3v) is 4.16. The first-order chi connectivity index (χ1) is 11.6. The molecule has 0 atom stereocenters. The van der Waals surface area contributed by atoms with Gasteiger partial charge in [0.2, 0.25) is 0 Å². The molecule has 0 fully saturated rings. The van der Waals surface area contributed by atoms with Gasteiger partial charge >= 0.3 is 0 Å². The predicted molar refractivity (Wildman–Crippen MR) is 99.0 cm³/mol. The zero-order chi connectivity index (χ0) is 19.3. The Morgan fingerprint density at radius 2 is 1.60 bits per heavy atom. The van der Waals surface area contributed by atoms with E-state index in [-0.39, 0.29) is 33.5 Å². The van der Waals surface area contributed by atoms with E-state index in [1.807, 2.05) is 0 Å². The standard InChI is InChI=1S/C7H7BrN2O2.C7H7ClN2O3/c1-4-2-7(10(11)12)6(9)3-5(4)8;1-13-7-3-6(10(11)12)4(8)2-5(7)9/h2-3H,9H2,1H3;2-3H,9H2,1H3. The van der Waals surface area contributed by atoms with Gasteiger partial charge in [-0.2, -0.15) is 0 Å². The lowest BCUT2D eigenvalue weighted by atomic mass is 10.2. The quantitative estimate of drug-likeness (QED) is 0.421. The average Bonchev–Trinajstić information content (AvgIpc) is 2.51. The van der Waals surface area contributed by atoms with E-state index in [0.717, 1.165) is 10.0 Å². The van der Waals surface area contributed by atoms with E-state index in [2.05, 4.69) is 15.9 Å². The summed E-state index contributed by atoms with van der Waals surface area (Å²) in [5, 5.41) is 20.8. The van der Waals surface area contributed by atoms with Gasteiger partial charge in [0.05, 0.1) is 28.7 Å². The van der Waals surface area contributed by atoms with Crippen molar-refractivity contribution in [2.75, 3.05) is 18.6 Å². The molecule has 0 bridgehead atoms. The minimum absolute atomic E-state index is 0.00306. The number of nitrogen functional groups attached to an aromatic ring is 2. The van der Waals surface area contributed by atoms with Crippen LogP contribution in [0.3, 0.4) is 0 Å². The number of anilines is 2. The smallest absolute Gasteiger partial charge is 0.292 e. The normalized spacial score (nSPS) is 9.76. The lowest BCUT2D eigenvalue weighted by Gasteiger charge is -2.04. The van der Waals surface area contributed by atoms with Gasteiger partial charge in [0.25, 0.3) is 11.4 Å². The number of nitro groups is 2. The number of aryl methyl sites for hydroxylation is 1. The predicted octanol–water partition coefficient (Wildman–Crippen LogP) is 4.09. The molecule has 25 heavy (non-hydrogen) atoms. The summed E-state index contributed by atoms with van der Waals surface area (Å²) in [6.07, 6.45) is 0. The van der Waals surface area contributed by atoms with Crippen LogP contribution < -0.4 is 16.2 Å². The van der Waals surface area contributed by atoms with Gasteiger partial charge in [-0.1, -0.05) is 27.5 Å². The number of nitrogens with zero attached hydrogens (tertiary/aromatic N) is 2. The van der Waals surface area contributed by atoms with Crippen LogP contribution in [0.4, 0.5) is 22.7 Å².